The van der Waals surface area contributed by atoms with Crippen LogP contribution in [0.4, 0.5) is 5.69 Å². The van der Waals surface area contributed by atoms with E-state index in [2.05, 4.69) is 53.7 Å². The first kappa shape index (κ1) is 19.8. The molecule has 146 valence electrons. The molecule has 0 aromatic heterocycles. The van der Waals surface area contributed by atoms with E-state index >= 15 is 0 Å². The molecule has 5 nitrogen and oxygen atoms in total. The average molecular weight is 379 g/mol. The van der Waals surface area contributed by atoms with Crippen molar-refractivity contribution in [3.63, 3.8) is 0 Å². The fourth-order valence-corrected chi connectivity index (χ4v) is 4.60. The fraction of sp³-hybridized carbons (Fsp3) is 0.700. The molecule has 1 atom stereocenters. The van der Waals surface area contributed by atoms with Crippen LogP contribution in [-0.2, 0) is 11.3 Å². The predicted octanol–water partition coefficient (Wildman–Crippen LogP) is 3.98. The first-order valence-electron chi connectivity index (χ1n) is 9.88. The SMILES string of the molecule is CC1(C)CCC(c2ccc(NC3CCC(NNS(=O)[O-])CC3)cc2)CC1. The molecule has 0 heterocycles. The quantitative estimate of drug-likeness (QED) is 0.517. The fourth-order valence-electron chi connectivity index (χ4n) is 4.33. The van der Waals surface area contributed by atoms with Crippen LogP contribution in [0.25, 0.3) is 0 Å². The molecule has 2 fully saturated rings. The monoisotopic (exact) mass is 378 g/mol. The Morgan fingerprint density at radius 2 is 1.54 bits per heavy atom. The van der Waals surface area contributed by atoms with Crippen LogP contribution in [0.3, 0.4) is 0 Å². The lowest BCUT2D eigenvalue weighted by Gasteiger charge is -2.34. The topological polar surface area (TPSA) is 76.2 Å². The van der Waals surface area contributed by atoms with Crippen LogP contribution in [0.2, 0.25) is 0 Å². The van der Waals surface area contributed by atoms with Gasteiger partial charge < -0.3 is 9.87 Å². The lowest BCUT2D eigenvalue weighted by Crippen LogP contribution is -2.44. The summed E-state index contributed by atoms with van der Waals surface area (Å²) < 4.78 is 21.1. The van der Waals surface area contributed by atoms with Crippen molar-refractivity contribution >= 4 is 17.0 Å². The number of rotatable bonds is 6. The van der Waals surface area contributed by atoms with Gasteiger partial charge in [-0.1, -0.05) is 26.0 Å². The standard InChI is InChI=1S/C20H33N3O2S/c1-20(2)13-11-16(12-14-20)15-3-5-17(6-4-15)21-18-7-9-19(10-8-18)22-23-26(24)25/h3-6,16,18-19,21-23H,7-14H2,1-2H3,(H,24,25)/p-1. The molecule has 1 aromatic carbocycles. The van der Waals surface area contributed by atoms with Gasteiger partial charge in [0.1, 0.15) is 0 Å². The van der Waals surface area contributed by atoms with E-state index in [1.807, 2.05) is 0 Å². The van der Waals surface area contributed by atoms with Crippen molar-refractivity contribution in [3.05, 3.63) is 29.8 Å². The molecule has 2 aliphatic carbocycles. The Morgan fingerprint density at radius 3 is 2.12 bits per heavy atom. The highest BCUT2D eigenvalue weighted by atomic mass is 32.2. The summed E-state index contributed by atoms with van der Waals surface area (Å²) in [6, 6.07) is 9.73. The molecule has 26 heavy (non-hydrogen) atoms. The van der Waals surface area contributed by atoms with Gasteiger partial charge in [0.15, 0.2) is 0 Å². The molecule has 0 amide bonds. The summed E-state index contributed by atoms with van der Waals surface area (Å²) in [5.41, 5.74) is 6.06. The summed E-state index contributed by atoms with van der Waals surface area (Å²) in [7, 11) is 0. The van der Waals surface area contributed by atoms with Gasteiger partial charge in [-0.2, -0.15) is 4.83 Å². The summed E-state index contributed by atoms with van der Waals surface area (Å²) >= 11 is -2.24. The Balaban J connectivity index is 1.44. The molecule has 0 aliphatic heterocycles. The second kappa shape index (κ2) is 8.83. The number of hydrogen-bond donors (Lipinski definition) is 3. The number of anilines is 1. The van der Waals surface area contributed by atoms with Crippen LogP contribution < -0.4 is 15.6 Å². The zero-order valence-electron chi connectivity index (χ0n) is 15.9. The van der Waals surface area contributed by atoms with E-state index in [-0.39, 0.29) is 6.04 Å². The zero-order chi connectivity index (χ0) is 18.6. The lowest BCUT2D eigenvalue weighted by molar-refractivity contribution is 0.224. The Kier molecular flexibility index (Phi) is 6.72. The van der Waals surface area contributed by atoms with Crippen molar-refractivity contribution < 1.29 is 8.76 Å². The van der Waals surface area contributed by atoms with E-state index in [0.717, 1.165) is 31.6 Å². The molecular formula is C20H32N3O2S-. The Morgan fingerprint density at radius 1 is 0.962 bits per heavy atom. The highest BCUT2D eigenvalue weighted by molar-refractivity contribution is 7.76. The maximum Gasteiger partial charge on any atom is 0.0342 e. The third-order valence-electron chi connectivity index (χ3n) is 6.17. The van der Waals surface area contributed by atoms with Crippen molar-refractivity contribution in [1.29, 1.82) is 0 Å². The minimum absolute atomic E-state index is 0.226. The first-order valence-corrected chi connectivity index (χ1v) is 11.0. The molecule has 3 N–H and O–H groups in total. The lowest BCUT2D eigenvalue weighted by atomic mass is 9.71. The van der Waals surface area contributed by atoms with Crippen LogP contribution >= 0.6 is 0 Å². The Bertz CT molecular complexity index is 588. The summed E-state index contributed by atoms with van der Waals surface area (Å²) in [5.74, 6) is 0.720. The second-order valence-electron chi connectivity index (χ2n) is 8.73. The number of hydrazine groups is 1. The molecule has 3 rings (SSSR count). The molecule has 0 saturated heterocycles. The van der Waals surface area contributed by atoms with Crippen LogP contribution in [-0.4, -0.2) is 20.8 Å². The van der Waals surface area contributed by atoms with E-state index in [9.17, 15) is 8.76 Å². The highest BCUT2D eigenvalue weighted by Gasteiger charge is 2.27. The maximum absolute atomic E-state index is 10.5. The van der Waals surface area contributed by atoms with Gasteiger partial charge >= 0.3 is 0 Å². The predicted molar refractivity (Wildman–Crippen MR) is 106 cm³/mol. The molecule has 1 aromatic rings. The molecule has 2 saturated carbocycles. The van der Waals surface area contributed by atoms with E-state index in [0.29, 0.717) is 11.5 Å². The summed E-state index contributed by atoms with van der Waals surface area (Å²) in [5, 5.41) is 3.64. The van der Waals surface area contributed by atoms with E-state index < -0.39 is 11.3 Å². The van der Waals surface area contributed by atoms with Crippen LogP contribution in [0.1, 0.15) is 76.7 Å². The van der Waals surface area contributed by atoms with Gasteiger partial charge in [-0.15, -0.1) is 0 Å². The van der Waals surface area contributed by atoms with Crippen LogP contribution in [0.5, 0.6) is 0 Å². The van der Waals surface area contributed by atoms with Crippen LogP contribution in [0.15, 0.2) is 24.3 Å². The molecule has 0 bridgehead atoms. The normalized spacial score (nSPS) is 27.8. The van der Waals surface area contributed by atoms with Crippen molar-refractivity contribution in [2.24, 2.45) is 5.41 Å². The van der Waals surface area contributed by atoms with E-state index in [1.165, 1.54) is 36.9 Å². The molecular weight excluding hydrogens is 346 g/mol. The third kappa shape index (κ3) is 5.78. The molecule has 2 aliphatic rings. The molecule has 0 spiro atoms. The van der Waals surface area contributed by atoms with Gasteiger partial charge in [0, 0.05) is 29.0 Å². The van der Waals surface area contributed by atoms with Gasteiger partial charge in [-0.3, -0.25) is 4.21 Å². The highest BCUT2D eigenvalue weighted by Crippen LogP contribution is 2.42. The number of nitrogens with one attached hydrogen (secondary N) is 3. The second-order valence-corrected chi connectivity index (χ2v) is 9.41. The van der Waals surface area contributed by atoms with Crippen molar-refractivity contribution in [2.75, 3.05) is 5.32 Å². The number of benzene rings is 1. The molecule has 6 heteroatoms. The first-order chi connectivity index (χ1) is 12.4. The van der Waals surface area contributed by atoms with E-state index in [4.69, 9.17) is 0 Å². The largest absolute Gasteiger partial charge is 0.759 e. The average Bonchev–Trinajstić information content (AvgIpc) is 2.62. The minimum atomic E-state index is -2.24. The van der Waals surface area contributed by atoms with Crippen molar-refractivity contribution in [1.82, 2.24) is 10.3 Å². The minimum Gasteiger partial charge on any atom is -0.759 e. The molecule has 1 unspecified atom stereocenters. The summed E-state index contributed by atoms with van der Waals surface area (Å²) in [6.45, 7) is 4.77. The van der Waals surface area contributed by atoms with Gasteiger partial charge in [0.05, 0.1) is 0 Å². The molecule has 0 radical (unpaired) electrons. The Labute approximate surface area is 160 Å². The van der Waals surface area contributed by atoms with Crippen molar-refractivity contribution in [2.45, 2.75) is 83.2 Å². The van der Waals surface area contributed by atoms with Gasteiger partial charge in [0.2, 0.25) is 0 Å². The van der Waals surface area contributed by atoms with E-state index in [1.54, 1.807) is 0 Å². The summed E-state index contributed by atoms with van der Waals surface area (Å²) in [6.07, 6.45) is 9.29. The smallest absolute Gasteiger partial charge is 0.0342 e. The third-order valence-corrected chi connectivity index (χ3v) is 6.45. The van der Waals surface area contributed by atoms with Gasteiger partial charge in [-0.25, -0.2) is 5.43 Å². The van der Waals surface area contributed by atoms with Gasteiger partial charge in [-0.05, 0) is 80.4 Å². The Hall–Kier alpha value is -0.950. The maximum atomic E-state index is 10.5. The van der Waals surface area contributed by atoms with Crippen molar-refractivity contribution in [3.8, 4) is 0 Å². The van der Waals surface area contributed by atoms with Gasteiger partial charge in [0.25, 0.3) is 0 Å². The summed E-state index contributed by atoms with van der Waals surface area (Å²) in [4.78, 5) is 2.27. The number of hydrogen-bond acceptors (Lipinski definition) is 4. The van der Waals surface area contributed by atoms with Crippen LogP contribution in [0, 0.1) is 5.41 Å². The zero-order valence-corrected chi connectivity index (χ0v) is 16.7.